The minimum absolute atomic E-state index is 0.532. The molecule has 0 aliphatic heterocycles. The van der Waals surface area contributed by atoms with Gasteiger partial charge in [0.1, 0.15) is 0 Å². The van der Waals surface area contributed by atoms with Gasteiger partial charge in [-0.3, -0.25) is 4.68 Å². The van der Waals surface area contributed by atoms with Crippen molar-refractivity contribution in [1.29, 1.82) is 0 Å². The van der Waals surface area contributed by atoms with Crippen LogP contribution < -0.4 is 5.32 Å². The molecule has 0 aliphatic rings. The number of nitrogens with zero attached hydrogens (tertiary/aromatic N) is 2. The van der Waals surface area contributed by atoms with Gasteiger partial charge in [-0.15, -0.1) is 0 Å². The maximum Gasteiger partial charge on any atom is 0.0624 e. The Morgan fingerprint density at radius 2 is 2.17 bits per heavy atom. The fourth-order valence-electron chi connectivity index (χ4n) is 1.83. The molecule has 2 atom stereocenters. The summed E-state index contributed by atoms with van der Waals surface area (Å²) in [6, 6.07) is 2.77. The third kappa shape index (κ3) is 4.65. The van der Waals surface area contributed by atoms with Crippen LogP contribution in [0, 0.1) is 0 Å². The van der Waals surface area contributed by atoms with Crippen molar-refractivity contribution in [2.24, 2.45) is 7.05 Å². The largest absolute Gasteiger partial charge is 0.316 e. The van der Waals surface area contributed by atoms with Crippen LogP contribution >= 0.6 is 11.8 Å². The number of aryl methyl sites for hydroxylation is 2. The van der Waals surface area contributed by atoms with E-state index in [1.165, 1.54) is 17.8 Å². The Kier molecular flexibility index (Phi) is 6.79. The van der Waals surface area contributed by atoms with E-state index in [-0.39, 0.29) is 0 Å². The molecule has 0 aromatic carbocycles. The topological polar surface area (TPSA) is 29.9 Å². The van der Waals surface area contributed by atoms with E-state index >= 15 is 0 Å². The maximum absolute atomic E-state index is 4.51. The fraction of sp³-hybridized carbons (Fsp3) is 0.786. The standard InChI is InChI=1S/C14H27N3S/c1-6-11(3)18-10-13(15-4)9-14-8-12(7-2)16-17(14)5/h8,11,13,15H,6-7,9-10H2,1-5H3. The molecular weight excluding hydrogens is 242 g/mol. The van der Waals surface area contributed by atoms with Crippen molar-refractivity contribution in [3.05, 3.63) is 17.5 Å². The molecule has 1 rings (SSSR count). The van der Waals surface area contributed by atoms with Gasteiger partial charge in [0.2, 0.25) is 0 Å². The van der Waals surface area contributed by atoms with Crippen molar-refractivity contribution in [3.8, 4) is 0 Å². The van der Waals surface area contributed by atoms with Gasteiger partial charge in [0, 0.05) is 36.2 Å². The van der Waals surface area contributed by atoms with E-state index in [0.29, 0.717) is 6.04 Å². The summed E-state index contributed by atoms with van der Waals surface area (Å²) in [5, 5.41) is 8.68. The molecule has 0 saturated heterocycles. The minimum atomic E-state index is 0.532. The highest BCUT2D eigenvalue weighted by molar-refractivity contribution is 7.99. The minimum Gasteiger partial charge on any atom is -0.316 e. The van der Waals surface area contributed by atoms with Crippen molar-refractivity contribution < 1.29 is 0 Å². The van der Waals surface area contributed by atoms with E-state index in [9.17, 15) is 0 Å². The molecule has 3 nitrogen and oxygen atoms in total. The summed E-state index contributed by atoms with van der Waals surface area (Å²) >= 11 is 2.05. The van der Waals surface area contributed by atoms with E-state index < -0.39 is 0 Å². The Morgan fingerprint density at radius 3 is 2.67 bits per heavy atom. The van der Waals surface area contributed by atoms with Crippen LogP contribution in [0.3, 0.4) is 0 Å². The van der Waals surface area contributed by atoms with Crippen molar-refractivity contribution in [3.63, 3.8) is 0 Å². The second-order valence-electron chi connectivity index (χ2n) is 4.85. The molecular formula is C14H27N3S. The Bertz CT molecular complexity index is 349. The number of hydrogen-bond donors (Lipinski definition) is 1. The lowest BCUT2D eigenvalue weighted by Gasteiger charge is -2.18. The molecule has 0 saturated carbocycles. The molecule has 0 aliphatic carbocycles. The predicted octanol–water partition coefficient (Wildman–Crippen LogP) is 2.64. The maximum atomic E-state index is 4.51. The van der Waals surface area contributed by atoms with Gasteiger partial charge in [0.05, 0.1) is 5.69 Å². The van der Waals surface area contributed by atoms with Gasteiger partial charge in [0.25, 0.3) is 0 Å². The van der Waals surface area contributed by atoms with E-state index in [0.717, 1.165) is 23.8 Å². The molecule has 1 heterocycles. The van der Waals surface area contributed by atoms with Crippen molar-refractivity contribution in [2.45, 2.75) is 51.3 Å². The van der Waals surface area contributed by atoms with Crippen LogP contribution in [0.4, 0.5) is 0 Å². The third-order valence-electron chi connectivity index (χ3n) is 3.41. The quantitative estimate of drug-likeness (QED) is 0.787. The van der Waals surface area contributed by atoms with Gasteiger partial charge in [0.15, 0.2) is 0 Å². The molecule has 0 radical (unpaired) electrons. The van der Waals surface area contributed by atoms with Crippen LogP contribution in [-0.2, 0) is 19.9 Å². The van der Waals surface area contributed by atoms with Gasteiger partial charge in [-0.05, 0) is 26.0 Å². The summed E-state index contributed by atoms with van der Waals surface area (Å²) in [6.07, 6.45) is 3.32. The van der Waals surface area contributed by atoms with Crippen LogP contribution in [0.1, 0.15) is 38.6 Å². The normalized spacial score (nSPS) is 14.7. The first-order chi connectivity index (χ1) is 8.60. The summed E-state index contributed by atoms with van der Waals surface area (Å²) < 4.78 is 2.02. The average molecular weight is 269 g/mol. The van der Waals surface area contributed by atoms with Crippen LogP contribution in [-0.4, -0.2) is 33.9 Å². The Balaban J connectivity index is 2.53. The fourth-order valence-corrected chi connectivity index (χ4v) is 2.91. The zero-order valence-electron chi connectivity index (χ0n) is 12.4. The Morgan fingerprint density at radius 1 is 1.44 bits per heavy atom. The first-order valence-corrected chi connectivity index (χ1v) is 7.96. The molecule has 4 heteroatoms. The van der Waals surface area contributed by atoms with Crippen LogP contribution in [0.5, 0.6) is 0 Å². The smallest absolute Gasteiger partial charge is 0.0624 e. The zero-order valence-corrected chi connectivity index (χ0v) is 13.2. The lowest BCUT2D eigenvalue weighted by molar-refractivity contribution is 0.580. The summed E-state index contributed by atoms with van der Waals surface area (Å²) in [4.78, 5) is 0. The molecule has 18 heavy (non-hydrogen) atoms. The van der Waals surface area contributed by atoms with Crippen molar-refractivity contribution in [2.75, 3.05) is 12.8 Å². The lowest BCUT2D eigenvalue weighted by Crippen LogP contribution is -2.31. The molecule has 1 N–H and O–H groups in total. The molecule has 0 bridgehead atoms. The Hall–Kier alpha value is -0.480. The first-order valence-electron chi connectivity index (χ1n) is 6.91. The van der Waals surface area contributed by atoms with Gasteiger partial charge >= 0.3 is 0 Å². The van der Waals surface area contributed by atoms with Crippen molar-refractivity contribution in [1.82, 2.24) is 15.1 Å². The summed E-state index contributed by atoms with van der Waals surface area (Å²) in [6.45, 7) is 6.71. The molecule has 104 valence electrons. The molecule has 0 spiro atoms. The highest BCUT2D eigenvalue weighted by Gasteiger charge is 2.12. The average Bonchev–Trinajstić information content (AvgIpc) is 2.74. The number of nitrogens with one attached hydrogen (secondary N) is 1. The molecule has 0 amide bonds. The van der Waals surface area contributed by atoms with E-state index in [4.69, 9.17) is 0 Å². The summed E-state index contributed by atoms with van der Waals surface area (Å²) in [5.41, 5.74) is 2.52. The lowest BCUT2D eigenvalue weighted by atomic mass is 10.1. The van der Waals surface area contributed by atoms with Crippen LogP contribution in [0.25, 0.3) is 0 Å². The molecule has 1 aromatic heterocycles. The second kappa shape index (κ2) is 7.85. The predicted molar refractivity (Wildman–Crippen MR) is 81.3 cm³/mol. The van der Waals surface area contributed by atoms with Crippen LogP contribution in [0.15, 0.2) is 6.07 Å². The van der Waals surface area contributed by atoms with E-state index in [1.54, 1.807) is 0 Å². The first kappa shape index (κ1) is 15.6. The summed E-state index contributed by atoms with van der Waals surface area (Å²) in [5.74, 6) is 1.16. The SMILES string of the molecule is CCc1cc(CC(CSC(C)CC)NC)n(C)n1. The van der Waals surface area contributed by atoms with Crippen molar-refractivity contribution >= 4 is 11.8 Å². The number of aromatic nitrogens is 2. The number of thioether (sulfide) groups is 1. The van der Waals surface area contributed by atoms with Gasteiger partial charge in [-0.2, -0.15) is 16.9 Å². The monoisotopic (exact) mass is 269 g/mol. The van der Waals surface area contributed by atoms with E-state index in [1.807, 2.05) is 11.7 Å². The number of hydrogen-bond acceptors (Lipinski definition) is 3. The van der Waals surface area contributed by atoms with Crippen LogP contribution in [0.2, 0.25) is 0 Å². The second-order valence-corrected chi connectivity index (χ2v) is 6.32. The molecule has 2 unspecified atom stereocenters. The van der Waals surface area contributed by atoms with Gasteiger partial charge < -0.3 is 5.32 Å². The summed E-state index contributed by atoms with van der Waals surface area (Å²) in [7, 11) is 4.10. The van der Waals surface area contributed by atoms with Gasteiger partial charge in [-0.25, -0.2) is 0 Å². The number of rotatable bonds is 8. The molecule has 0 fully saturated rings. The zero-order chi connectivity index (χ0) is 13.5. The number of likely N-dealkylation sites (N-methyl/N-ethyl adjacent to an activating group) is 1. The van der Waals surface area contributed by atoms with E-state index in [2.05, 4.69) is 56.1 Å². The van der Waals surface area contributed by atoms with Gasteiger partial charge in [-0.1, -0.05) is 20.8 Å². The molecule has 1 aromatic rings. The highest BCUT2D eigenvalue weighted by Crippen LogP contribution is 2.16. The highest BCUT2D eigenvalue weighted by atomic mass is 32.2. The Labute approximate surface area is 116 Å². The third-order valence-corrected chi connectivity index (χ3v) is 4.91.